The maximum absolute atomic E-state index is 9.24. The Labute approximate surface area is 118 Å². The molecule has 1 saturated heterocycles. The van der Waals surface area contributed by atoms with E-state index in [-0.39, 0.29) is 18.8 Å². The first-order chi connectivity index (χ1) is 9.67. The van der Waals surface area contributed by atoms with Crippen molar-refractivity contribution in [1.29, 1.82) is 0 Å². The molecule has 0 aromatic carbocycles. The van der Waals surface area contributed by atoms with Crippen LogP contribution in [0.1, 0.15) is 13.8 Å². The fourth-order valence-electron chi connectivity index (χ4n) is 1.99. The van der Waals surface area contributed by atoms with Gasteiger partial charge in [-0.2, -0.15) is 15.0 Å². The number of nitrogens with zero attached hydrogens (tertiary/aromatic N) is 4. The summed E-state index contributed by atoms with van der Waals surface area (Å²) in [6.45, 7) is 5.43. The number of aliphatic hydroxyl groups excluding tert-OH is 1. The highest BCUT2D eigenvalue weighted by atomic mass is 16.5. The van der Waals surface area contributed by atoms with Crippen LogP contribution in [0.15, 0.2) is 0 Å². The fraction of sp³-hybridized carbons (Fsp3) is 0.750. The average molecular weight is 283 g/mol. The maximum Gasteiger partial charge on any atom is 0.323 e. The fourth-order valence-corrected chi connectivity index (χ4v) is 1.99. The van der Waals surface area contributed by atoms with E-state index in [9.17, 15) is 5.11 Å². The molecule has 1 fully saturated rings. The molecule has 2 rings (SSSR count). The molecule has 0 spiro atoms. The summed E-state index contributed by atoms with van der Waals surface area (Å²) in [4.78, 5) is 14.8. The van der Waals surface area contributed by atoms with Crippen molar-refractivity contribution in [3.8, 4) is 6.01 Å². The average Bonchev–Trinajstić information content (AvgIpc) is 2.47. The van der Waals surface area contributed by atoms with Gasteiger partial charge in [0.1, 0.15) is 0 Å². The van der Waals surface area contributed by atoms with E-state index in [0.29, 0.717) is 37.7 Å². The van der Waals surface area contributed by atoms with E-state index in [2.05, 4.69) is 20.3 Å². The third-order valence-corrected chi connectivity index (χ3v) is 3.07. The summed E-state index contributed by atoms with van der Waals surface area (Å²) in [5.41, 5.74) is 0. The van der Waals surface area contributed by atoms with Crippen LogP contribution in [-0.2, 0) is 4.74 Å². The summed E-state index contributed by atoms with van der Waals surface area (Å²) < 4.78 is 10.9. The van der Waals surface area contributed by atoms with Crippen LogP contribution in [0.25, 0.3) is 0 Å². The molecule has 0 amide bonds. The second-order valence-corrected chi connectivity index (χ2v) is 4.56. The summed E-state index contributed by atoms with van der Waals surface area (Å²) in [5, 5.41) is 12.1. The molecule has 2 atom stereocenters. The summed E-state index contributed by atoms with van der Waals surface area (Å²) in [6, 6.07) is 0.417. The molecule has 0 aliphatic carbocycles. The van der Waals surface area contributed by atoms with Gasteiger partial charge in [0.2, 0.25) is 11.9 Å². The van der Waals surface area contributed by atoms with E-state index in [1.807, 2.05) is 18.7 Å². The van der Waals surface area contributed by atoms with Crippen LogP contribution in [0, 0.1) is 0 Å². The number of ether oxygens (including phenoxy) is 2. The molecule has 1 aliphatic heterocycles. The molecular formula is C12H21N5O3. The Morgan fingerprint density at radius 3 is 2.90 bits per heavy atom. The Morgan fingerprint density at radius 2 is 2.25 bits per heavy atom. The monoisotopic (exact) mass is 283 g/mol. The summed E-state index contributed by atoms with van der Waals surface area (Å²) in [7, 11) is 1.74. The van der Waals surface area contributed by atoms with E-state index in [1.165, 1.54) is 0 Å². The van der Waals surface area contributed by atoms with Crippen LogP contribution in [0.5, 0.6) is 6.01 Å². The molecule has 0 saturated carbocycles. The number of nitrogens with one attached hydrogen (secondary N) is 1. The Bertz CT molecular complexity index is 445. The quantitative estimate of drug-likeness (QED) is 0.774. The number of anilines is 2. The molecule has 2 N–H and O–H groups in total. The molecule has 2 heterocycles. The molecule has 0 radical (unpaired) electrons. The predicted octanol–water partition coefficient (Wildman–Crippen LogP) is -0.102. The maximum atomic E-state index is 9.24. The van der Waals surface area contributed by atoms with Gasteiger partial charge in [-0.05, 0) is 13.8 Å². The molecular weight excluding hydrogens is 262 g/mol. The normalized spacial score (nSPS) is 22.7. The van der Waals surface area contributed by atoms with Crippen molar-refractivity contribution < 1.29 is 14.6 Å². The van der Waals surface area contributed by atoms with Gasteiger partial charge >= 0.3 is 6.01 Å². The Morgan fingerprint density at radius 1 is 1.45 bits per heavy atom. The lowest BCUT2D eigenvalue weighted by molar-refractivity contribution is -0.0108. The zero-order valence-electron chi connectivity index (χ0n) is 12.0. The first-order valence-electron chi connectivity index (χ1n) is 6.73. The summed E-state index contributed by atoms with van der Waals surface area (Å²) in [6.07, 6.45) is -0.225. The van der Waals surface area contributed by atoms with E-state index < -0.39 is 0 Å². The van der Waals surface area contributed by atoms with Crippen molar-refractivity contribution >= 4 is 11.9 Å². The van der Waals surface area contributed by atoms with Gasteiger partial charge in [-0.15, -0.1) is 0 Å². The molecule has 0 bridgehead atoms. The van der Waals surface area contributed by atoms with Gasteiger partial charge in [-0.25, -0.2) is 0 Å². The SMILES string of the molecule is CCOc1nc(NC)nc(N2CC(CO)OCC2C)n1. The van der Waals surface area contributed by atoms with Crippen molar-refractivity contribution in [2.24, 2.45) is 0 Å². The van der Waals surface area contributed by atoms with E-state index in [4.69, 9.17) is 9.47 Å². The third-order valence-electron chi connectivity index (χ3n) is 3.07. The predicted molar refractivity (Wildman–Crippen MR) is 74.2 cm³/mol. The lowest BCUT2D eigenvalue weighted by atomic mass is 10.2. The van der Waals surface area contributed by atoms with Crippen LogP contribution in [0.2, 0.25) is 0 Å². The topological polar surface area (TPSA) is 92.6 Å². The van der Waals surface area contributed by atoms with Crippen LogP contribution in [-0.4, -0.2) is 65.6 Å². The number of hydrogen-bond donors (Lipinski definition) is 2. The van der Waals surface area contributed by atoms with Crippen LogP contribution in [0.3, 0.4) is 0 Å². The first-order valence-corrected chi connectivity index (χ1v) is 6.73. The molecule has 20 heavy (non-hydrogen) atoms. The minimum absolute atomic E-state index is 0.0223. The molecule has 1 aliphatic rings. The van der Waals surface area contributed by atoms with Crippen LogP contribution in [0.4, 0.5) is 11.9 Å². The lowest BCUT2D eigenvalue weighted by Gasteiger charge is -2.37. The Balaban J connectivity index is 2.26. The van der Waals surface area contributed by atoms with E-state index in [0.717, 1.165) is 0 Å². The van der Waals surface area contributed by atoms with Crippen molar-refractivity contribution in [3.05, 3.63) is 0 Å². The lowest BCUT2D eigenvalue weighted by Crippen LogP contribution is -2.50. The minimum atomic E-state index is -0.225. The Hall–Kier alpha value is -1.67. The van der Waals surface area contributed by atoms with Gasteiger partial charge in [0.25, 0.3) is 0 Å². The van der Waals surface area contributed by atoms with Crippen molar-refractivity contribution in [2.45, 2.75) is 26.0 Å². The molecule has 1 aromatic rings. The standard InChI is InChI=1S/C12H21N5O3/c1-4-19-12-15-10(13-3)14-11(16-12)17-5-9(6-18)20-7-8(17)2/h8-9,18H,4-7H2,1-3H3,(H,13,14,15,16). The number of morpholine rings is 1. The largest absolute Gasteiger partial charge is 0.464 e. The molecule has 2 unspecified atom stereocenters. The second-order valence-electron chi connectivity index (χ2n) is 4.56. The minimum Gasteiger partial charge on any atom is -0.464 e. The van der Waals surface area contributed by atoms with Crippen molar-refractivity contribution in [2.75, 3.05) is 43.6 Å². The number of aromatic nitrogens is 3. The van der Waals surface area contributed by atoms with E-state index >= 15 is 0 Å². The van der Waals surface area contributed by atoms with Gasteiger partial charge in [-0.3, -0.25) is 0 Å². The van der Waals surface area contributed by atoms with Crippen molar-refractivity contribution in [1.82, 2.24) is 15.0 Å². The zero-order valence-corrected chi connectivity index (χ0v) is 12.0. The number of hydrogen-bond acceptors (Lipinski definition) is 8. The molecule has 8 nitrogen and oxygen atoms in total. The number of aliphatic hydroxyl groups is 1. The van der Waals surface area contributed by atoms with Crippen LogP contribution >= 0.6 is 0 Å². The highest BCUT2D eigenvalue weighted by Crippen LogP contribution is 2.21. The molecule has 8 heteroatoms. The smallest absolute Gasteiger partial charge is 0.323 e. The first kappa shape index (κ1) is 14.7. The third kappa shape index (κ3) is 3.26. The summed E-state index contributed by atoms with van der Waals surface area (Å²) in [5.74, 6) is 0.986. The highest BCUT2D eigenvalue weighted by molar-refractivity contribution is 5.39. The number of rotatable bonds is 5. The van der Waals surface area contributed by atoms with E-state index in [1.54, 1.807) is 7.05 Å². The van der Waals surface area contributed by atoms with Gasteiger partial charge in [0.15, 0.2) is 0 Å². The molecule has 1 aromatic heterocycles. The van der Waals surface area contributed by atoms with Gasteiger partial charge in [-0.1, -0.05) is 0 Å². The second kappa shape index (κ2) is 6.67. The van der Waals surface area contributed by atoms with Gasteiger partial charge in [0.05, 0.1) is 32.0 Å². The zero-order chi connectivity index (χ0) is 14.5. The van der Waals surface area contributed by atoms with Gasteiger partial charge < -0.3 is 24.8 Å². The highest BCUT2D eigenvalue weighted by Gasteiger charge is 2.28. The summed E-state index contributed by atoms with van der Waals surface area (Å²) >= 11 is 0. The Kier molecular flexibility index (Phi) is 4.91. The van der Waals surface area contributed by atoms with Crippen LogP contribution < -0.4 is 15.0 Å². The molecule has 112 valence electrons. The van der Waals surface area contributed by atoms with Gasteiger partial charge in [0, 0.05) is 13.6 Å². The van der Waals surface area contributed by atoms with Crippen molar-refractivity contribution in [3.63, 3.8) is 0 Å².